The van der Waals surface area contributed by atoms with E-state index < -0.39 is 23.4 Å². The summed E-state index contributed by atoms with van der Waals surface area (Å²) in [6, 6.07) is 9.47. The number of carbonyl (C=O) groups is 4. The van der Waals surface area contributed by atoms with E-state index in [4.69, 9.17) is 4.42 Å². The number of furan rings is 1. The molecule has 1 aromatic carbocycles. The Hall–Kier alpha value is -4.67. The molecule has 0 spiro atoms. The van der Waals surface area contributed by atoms with Gasteiger partial charge in [0.2, 0.25) is 17.7 Å². The highest BCUT2D eigenvalue weighted by Gasteiger charge is 2.54. The molecule has 4 saturated carbocycles. The highest BCUT2D eigenvalue weighted by molar-refractivity contribution is 6.03. The zero-order valence-electron chi connectivity index (χ0n) is 26.5. The van der Waals surface area contributed by atoms with Gasteiger partial charge >= 0.3 is 0 Å². The lowest BCUT2D eigenvalue weighted by Gasteiger charge is -2.32. The number of aromatic nitrogens is 1. The summed E-state index contributed by atoms with van der Waals surface area (Å²) < 4.78 is 7.08. The molecular formula is C35H41N5O6. The Balaban J connectivity index is 1.14. The van der Waals surface area contributed by atoms with Crippen LogP contribution in [0, 0.1) is 30.6 Å². The maximum Gasteiger partial charge on any atom is 0.287 e. The lowest BCUT2D eigenvalue weighted by atomic mass is 9.79. The zero-order valence-corrected chi connectivity index (χ0v) is 26.5. The summed E-state index contributed by atoms with van der Waals surface area (Å²) in [7, 11) is 3.27. The SMILES string of the molecule is Cc1c(C(=O)N[C@@H](CC/C=C/C(=O)N(C)C)C(=O)Nc2cccn(CC(=O)NC3C4CC5CC(C4)C3C5)c2=O)oc2ccccc12. The maximum atomic E-state index is 13.6. The number of rotatable bonds is 11. The summed E-state index contributed by atoms with van der Waals surface area (Å²) in [6.45, 7) is 1.62. The van der Waals surface area contributed by atoms with Crippen LogP contribution in [-0.4, -0.2) is 59.3 Å². The molecule has 4 amide bonds. The second-order valence-corrected chi connectivity index (χ2v) is 13.2. The van der Waals surface area contributed by atoms with Crippen molar-refractivity contribution < 1.29 is 23.6 Å². The first-order chi connectivity index (χ1) is 22.1. The van der Waals surface area contributed by atoms with Gasteiger partial charge in [0.05, 0.1) is 0 Å². The number of nitrogens with zero attached hydrogens (tertiary/aromatic N) is 2. The number of aryl methyl sites for hydroxylation is 1. The highest BCUT2D eigenvalue weighted by atomic mass is 16.3. The fourth-order valence-corrected chi connectivity index (χ4v) is 7.80. The normalized spacial score (nSPS) is 23.5. The number of benzene rings is 1. The van der Waals surface area contributed by atoms with Crippen molar-refractivity contribution in [2.45, 2.75) is 64.1 Å². The van der Waals surface area contributed by atoms with Crippen molar-refractivity contribution >= 4 is 40.3 Å². The minimum absolute atomic E-state index is 0.00338. The molecule has 4 aliphatic rings. The topological polar surface area (TPSA) is 143 Å². The van der Waals surface area contributed by atoms with Crippen LogP contribution in [0.25, 0.3) is 11.0 Å². The number of nitrogens with one attached hydrogen (secondary N) is 3. The molecule has 4 fully saturated rings. The summed E-state index contributed by atoms with van der Waals surface area (Å²) in [4.78, 5) is 66.7. The first-order valence-corrected chi connectivity index (χ1v) is 16.1. The van der Waals surface area contributed by atoms with E-state index in [1.807, 2.05) is 18.2 Å². The maximum absolute atomic E-state index is 13.6. The van der Waals surface area contributed by atoms with Crippen molar-refractivity contribution in [3.05, 3.63) is 76.4 Å². The first kappa shape index (κ1) is 31.3. The first-order valence-electron chi connectivity index (χ1n) is 16.1. The van der Waals surface area contributed by atoms with Gasteiger partial charge in [-0.3, -0.25) is 24.0 Å². The average Bonchev–Trinajstić information content (AvgIpc) is 3.60. The molecule has 5 unspecified atom stereocenters. The lowest BCUT2D eigenvalue weighted by Crippen LogP contribution is -2.46. The van der Waals surface area contributed by atoms with E-state index in [1.165, 1.54) is 53.5 Å². The van der Waals surface area contributed by atoms with Crippen molar-refractivity contribution in [2.24, 2.45) is 23.7 Å². The van der Waals surface area contributed by atoms with E-state index in [2.05, 4.69) is 16.0 Å². The Morgan fingerprint density at radius 3 is 2.59 bits per heavy atom. The van der Waals surface area contributed by atoms with Crippen LogP contribution in [0.5, 0.6) is 0 Å². The number of fused-ring (bicyclic) bond motifs is 1. The molecule has 11 nitrogen and oxygen atoms in total. The van der Waals surface area contributed by atoms with Gasteiger partial charge in [-0.25, -0.2) is 0 Å². The second kappa shape index (κ2) is 13.0. The molecule has 0 aliphatic heterocycles. The fourth-order valence-electron chi connectivity index (χ4n) is 7.80. The van der Waals surface area contributed by atoms with Gasteiger partial charge in [-0.15, -0.1) is 0 Å². The van der Waals surface area contributed by atoms with Crippen LogP contribution in [0.1, 0.15) is 54.6 Å². The molecule has 4 bridgehead atoms. The van der Waals surface area contributed by atoms with Crippen molar-refractivity contribution in [1.82, 2.24) is 20.1 Å². The summed E-state index contributed by atoms with van der Waals surface area (Å²) >= 11 is 0. The van der Waals surface area contributed by atoms with Gasteiger partial charge in [-0.2, -0.15) is 0 Å². The molecule has 46 heavy (non-hydrogen) atoms. The highest BCUT2D eigenvalue weighted by Crippen LogP contribution is 2.58. The van der Waals surface area contributed by atoms with E-state index in [9.17, 15) is 24.0 Å². The van der Waals surface area contributed by atoms with Crippen LogP contribution in [0.4, 0.5) is 5.69 Å². The number of pyridine rings is 1. The fraction of sp³-hybridized carbons (Fsp3) is 0.457. The van der Waals surface area contributed by atoms with Gasteiger partial charge in [-0.05, 0) is 93.4 Å². The van der Waals surface area contributed by atoms with Gasteiger partial charge in [0.1, 0.15) is 23.9 Å². The molecule has 3 N–H and O–H groups in total. The van der Waals surface area contributed by atoms with E-state index in [0.29, 0.717) is 35.3 Å². The third kappa shape index (κ3) is 6.36. The monoisotopic (exact) mass is 627 g/mol. The van der Waals surface area contributed by atoms with Crippen LogP contribution in [0.15, 0.2) is 64.0 Å². The van der Waals surface area contributed by atoms with Gasteiger partial charge in [-0.1, -0.05) is 24.3 Å². The summed E-state index contributed by atoms with van der Waals surface area (Å²) in [5, 5.41) is 9.41. The van der Waals surface area contributed by atoms with Crippen molar-refractivity contribution in [3.63, 3.8) is 0 Å². The Morgan fingerprint density at radius 1 is 1.04 bits per heavy atom. The van der Waals surface area contributed by atoms with Crippen molar-refractivity contribution in [3.8, 4) is 0 Å². The largest absolute Gasteiger partial charge is 0.451 e. The molecule has 0 radical (unpaired) electrons. The molecule has 0 saturated heterocycles. The van der Waals surface area contributed by atoms with Crippen LogP contribution < -0.4 is 21.5 Å². The number of para-hydroxylation sites is 1. The lowest BCUT2D eigenvalue weighted by molar-refractivity contribution is -0.124. The van der Waals surface area contributed by atoms with Crippen molar-refractivity contribution in [2.75, 3.05) is 19.4 Å². The molecule has 6 atom stereocenters. The van der Waals surface area contributed by atoms with E-state index in [1.54, 1.807) is 39.2 Å². The average molecular weight is 628 g/mol. The minimum atomic E-state index is -1.05. The van der Waals surface area contributed by atoms with Crippen LogP contribution in [0.2, 0.25) is 0 Å². The summed E-state index contributed by atoms with van der Waals surface area (Å²) in [5.41, 5.74) is 0.676. The van der Waals surface area contributed by atoms with E-state index >= 15 is 0 Å². The number of allylic oxidation sites excluding steroid dienone is 1. The molecule has 2 aromatic heterocycles. The van der Waals surface area contributed by atoms with Gasteiger partial charge in [0, 0.05) is 37.3 Å². The zero-order chi connectivity index (χ0) is 32.5. The number of amides is 4. The molecule has 7 rings (SSSR count). The van der Waals surface area contributed by atoms with Crippen molar-refractivity contribution in [1.29, 1.82) is 0 Å². The number of hydrogen-bond donors (Lipinski definition) is 3. The Morgan fingerprint density at radius 2 is 1.83 bits per heavy atom. The molecule has 11 heteroatoms. The number of anilines is 1. The van der Waals surface area contributed by atoms with E-state index in [-0.39, 0.29) is 42.3 Å². The quantitative estimate of drug-likeness (QED) is 0.277. The predicted octanol–water partition coefficient (Wildman–Crippen LogP) is 3.62. The Labute approximate surface area is 267 Å². The third-order valence-electron chi connectivity index (χ3n) is 9.97. The number of likely N-dealkylation sites (N-methyl/N-ethyl adjacent to an activating group) is 1. The van der Waals surface area contributed by atoms with Crippen LogP contribution in [-0.2, 0) is 20.9 Å². The van der Waals surface area contributed by atoms with Gasteiger partial charge < -0.3 is 29.8 Å². The molecular weight excluding hydrogens is 586 g/mol. The third-order valence-corrected chi connectivity index (χ3v) is 9.97. The summed E-state index contributed by atoms with van der Waals surface area (Å²) in [5.74, 6) is 1.09. The standard InChI is InChI=1S/C35H41N5O6/c1-20-24-9-4-6-12-28(24)46-32(20)34(44)36-26(10-5-7-13-30(42)39(2)3)33(43)37-27-11-8-14-40(35(27)45)19-29(41)38-31-23-16-21-15-22(18-23)25(31)17-21/h4,6-9,11-14,21-23,25-26,31H,5,10,15-19H2,1-3H3,(H,36,44)(H,37,43)(H,38,41)/b13-7+/t21?,22?,23?,25?,26-,31?/m0/s1. The molecule has 3 aromatic rings. The second-order valence-electron chi connectivity index (χ2n) is 13.2. The van der Waals surface area contributed by atoms with E-state index in [0.717, 1.165) is 11.3 Å². The molecule has 2 heterocycles. The molecule has 242 valence electrons. The van der Waals surface area contributed by atoms with Gasteiger partial charge in [0.25, 0.3) is 11.5 Å². The minimum Gasteiger partial charge on any atom is -0.451 e. The Bertz CT molecular complexity index is 1750. The Kier molecular flexibility index (Phi) is 8.84. The summed E-state index contributed by atoms with van der Waals surface area (Å²) in [6.07, 6.45) is 9.85. The molecule has 4 aliphatic carbocycles. The smallest absolute Gasteiger partial charge is 0.287 e. The van der Waals surface area contributed by atoms with Crippen LogP contribution in [0.3, 0.4) is 0 Å². The predicted molar refractivity (Wildman–Crippen MR) is 173 cm³/mol. The van der Waals surface area contributed by atoms with Crippen LogP contribution >= 0.6 is 0 Å². The number of carbonyl (C=O) groups excluding carboxylic acids is 4. The number of hydrogen-bond acceptors (Lipinski definition) is 6. The van der Waals surface area contributed by atoms with Gasteiger partial charge in [0.15, 0.2) is 5.76 Å².